The van der Waals surface area contributed by atoms with Gasteiger partial charge in [-0.05, 0) is 47.8 Å². The quantitative estimate of drug-likeness (QED) is 0.597. The maximum Gasteiger partial charge on any atom is 0.0909 e. The summed E-state index contributed by atoms with van der Waals surface area (Å²) in [5.41, 5.74) is 3.64. The number of allylic oxidation sites excluding steroid dienone is 3. The van der Waals surface area contributed by atoms with Crippen LogP contribution in [0.5, 0.6) is 0 Å². The van der Waals surface area contributed by atoms with Gasteiger partial charge >= 0.3 is 0 Å². The van der Waals surface area contributed by atoms with Crippen molar-refractivity contribution >= 4 is 6.21 Å². The van der Waals surface area contributed by atoms with Crippen molar-refractivity contribution in [3.8, 4) is 0 Å². The number of nitrogens with zero attached hydrogens (tertiary/aromatic N) is 2. The Balaban J connectivity index is 1.62. The van der Waals surface area contributed by atoms with E-state index in [-0.39, 0.29) is 0 Å². The summed E-state index contributed by atoms with van der Waals surface area (Å²) in [6.07, 6.45) is 11.4. The van der Waals surface area contributed by atoms with Gasteiger partial charge in [0.1, 0.15) is 0 Å². The minimum Gasteiger partial charge on any atom is -0.284 e. The first-order chi connectivity index (χ1) is 10.7. The van der Waals surface area contributed by atoms with Crippen LogP contribution in [0.1, 0.15) is 43.2 Å². The van der Waals surface area contributed by atoms with E-state index in [9.17, 15) is 0 Å². The van der Waals surface area contributed by atoms with Gasteiger partial charge in [0.05, 0.1) is 6.67 Å². The van der Waals surface area contributed by atoms with E-state index in [0.29, 0.717) is 11.3 Å². The van der Waals surface area contributed by atoms with Crippen LogP contribution >= 0.6 is 0 Å². The third-order valence-electron chi connectivity index (χ3n) is 5.29. The van der Waals surface area contributed by atoms with Crippen molar-refractivity contribution in [1.29, 1.82) is 0 Å². The molecule has 0 saturated carbocycles. The molecule has 2 nitrogen and oxygen atoms in total. The average Bonchev–Trinajstić information content (AvgIpc) is 2.82. The minimum absolute atomic E-state index is 0.430. The molecule has 2 aliphatic rings. The van der Waals surface area contributed by atoms with Gasteiger partial charge in [-0.2, -0.15) is 0 Å². The summed E-state index contributed by atoms with van der Waals surface area (Å²) in [7, 11) is 0. The van der Waals surface area contributed by atoms with Crippen LogP contribution in [-0.4, -0.2) is 30.9 Å². The molecule has 1 aliphatic heterocycles. The summed E-state index contributed by atoms with van der Waals surface area (Å²) in [5, 5.41) is 0. The molecular formula is C20H26N2. The van der Waals surface area contributed by atoms with Crippen molar-refractivity contribution in [1.82, 2.24) is 4.90 Å². The Morgan fingerprint density at radius 1 is 1.27 bits per heavy atom. The zero-order valence-electron chi connectivity index (χ0n) is 13.5. The van der Waals surface area contributed by atoms with Gasteiger partial charge in [0.25, 0.3) is 0 Å². The van der Waals surface area contributed by atoms with Crippen molar-refractivity contribution in [3.63, 3.8) is 0 Å². The molecule has 0 bridgehead atoms. The van der Waals surface area contributed by atoms with Crippen LogP contribution in [0.3, 0.4) is 0 Å². The Bertz CT molecular complexity index is 577. The second-order valence-electron chi connectivity index (χ2n) is 6.68. The second-order valence-corrected chi connectivity index (χ2v) is 6.68. The zero-order valence-corrected chi connectivity index (χ0v) is 13.5. The molecule has 2 heteroatoms. The lowest BCUT2D eigenvalue weighted by Gasteiger charge is -2.39. The topological polar surface area (TPSA) is 15.6 Å². The predicted octanol–water partition coefficient (Wildman–Crippen LogP) is 4.30. The highest BCUT2D eigenvalue weighted by atomic mass is 15.2. The highest BCUT2D eigenvalue weighted by Crippen LogP contribution is 2.51. The molecule has 0 aromatic heterocycles. The van der Waals surface area contributed by atoms with Crippen molar-refractivity contribution in [2.45, 2.75) is 37.5 Å². The van der Waals surface area contributed by atoms with E-state index in [2.05, 4.69) is 47.7 Å². The molecule has 1 fully saturated rings. The third kappa shape index (κ3) is 2.93. The number of aliphatic imine (C=N–C) groups is 1. The molecule has 1 heterocycles. The number of piperidine rings is 1. The fraction of sp³-hybridized carbons (Fsp3) is 0.450. The summed E-state index contributed by atoms with van der Waals surface area (Å²) in [4.78, 5) is 6.94. The Morgan fingerprint density at radius 3 is 2.82 bits per heavy atom. The van der Waals surface area contributed by atoms with Gasteiger partial charge in [-0.3, -0.25) is 9.89 Å². The summed E-state index contributed by atoms with van der Waals surface area (Å²) in [6, 6.07) is 9.10. The van der Waals surface area contributed by atoms with E-state index in [0.717, 1.165) is 19.8 Å². The number of hydrogen-bond donors (Lipinski definition) is 0. The molecule has 116 valence electrons. The van der Waals surface area contributed by atoms with Crippen LogP contribution in [0, 0.1) is 0 Å². The van der Waals surface area contributed by atoms with Crippen molar-refractivity contribution < 1.29 is 0 Å². The molecule has 0 N–H and O–H groups in total. The number of likely N-dealkylation sites (tertiary alicyclic amines) is 1. The summed E-state index contributed by atoms with van der Waals surface area (Å²) in [5.74, 6) is 0.713. The fourth-order valence-corrected chi connectivity index (χ4v) is 4.16. The van der Waals surface area contributed by atoms with Crippen molar-refractivity contribution in [3.05, 3.63) is 60.2 Å². The molecule has 0 amide bonds. The Hall–Kier alpha value is -1.67. The average molecular weight is 294 g/mol. The van der Waals surface area contributed by atoms with E-state index in [1.54, 1.807) is 17.2 Å². The SMILES string of the molecule is C=C/C=C\C=N/CN1CCC2(CC1)CC(C)c1ccccc12. The van der Waals surface area contributed by atoms with E-state index in [4.69, 9.17) is 0 Å². The van der Waals surface area contributed by atoms with Crippen LogP contribution in [0.25, 0.3) is 0 Å². The van der Waals surface area contributed by atoms with Gasteiger partial charge in [0.2, 0.25) is 0 Å². The molecule has 1 saturated heterocycles. The van der Waals surface area contributed by atoms with E-state index >= 15 is 0 Å². The minimum atomic E-state index is 0.430. The van der Waals surface area contributed by atoms with Crippen LogP contribution in [0.15, 0.2) is 54.1 Å². The van der Waals surface area contributed by atoms with Gasteiger partial charge in [0.15, 0.2) is 0 Å². The second kappa shape index (κ2) is 6.62. The molecule has 1 atom stereocenters. The molecular weight excluding hydrogens is 268 g/mol. The van der Waals surface area contributed by atoms with Crippen LogP contribution in [-0.2, 0) is 5.41 Å². The lowest BCUT2D eigenvalue weighted by molar-refractivity contribution is 0.160. The largest absolute Gasteiger partial charge is 0.284 e. The molecule has 1 aromatic carbocycles. The van der Waals surface area contributed by atoms with Crippen LogP contribution < -0.4 is 0 Å². The van der Waals surface area contributed by atoms with E-state index in [1.165, 1.54) is 19.3 Å². The fourth-order valence-electron chi connectivity index (χ4n) is 4.16. The Morgan fingerprint density at radius 2 is 2.05 bits per heavy atom. The van der Waals surface area contributed by atoms with Crippen LogP contribution in [0.4, 0.5) is 0 Å². The molecule has 1 unspecified atom stereocenters. The first-order valence-corrected chi connectivity index (χ1v) is 8.34. The number of benzene rings is 1. The predicted molar refractivity (Wildman–Crippen MR) is 94.7 cm³/mol. The highest BCUT2D eigenvalue weighted by molar-refractivity contribution is 5.71. The van der Waals surface area contributed by atoms with Gasteiger partial charge in [0, 0.05) is 19.3 Å². The molecule has 1 aliphatic carbocycles. The zero-order chi connectivity index (χ0) is 15.4. The van der Waals surface area contributed by atoms with Crippen molar-refractivity contribution in [2.24, 2.45) is 4.99 Å². The Kier molecular flexibility index (Phi) is 4.58. The van der Waals surface area contributed by atoms with Crippen LogP contribution in [0.2, 0.25) is 0 Å². The number of fused-ring (bicyclic) bond motifs is 2. The monoisotopic (exact) mass is 294 g/mol. The maximum atomic E-state index is 4.47. The van der Waals surface area contributed by atoms with Gasteiger partial charge in [-0.1, -0.05) is 49.9 Å². The Labute approximate surface area is 134 Å². The number of rotatable bonds is 4. The molecule has 22 heavy (non-hydrogen) atoms. The summed E-state index contributed by atoms with van der Waals surface area (Å²) >= 11 is 0. The summed E-state index contributed by atoms with van der Waals surface area (Å²) < 4.78 is 0. The lowest BCUT2D eigenvalue weighted by Crippen LogP contribution is -2.41. The van der Waals surface area contributed by atoms with Crippen molar-refractivity contribution in [2.75, 3.05) is 19.8 Å². The lowest BCUT2D eigenvalue weighted by atomic mass is 9.73. The third-order valence-corrected chi connectivity index (χ3v) is 5.29. The molecule has 0 radical (unpaired) electrons. The van der Waals surface area contributed by atoms with E-state index in [1.807, 2.05) is 18.4 Å². The summed E-state index contributed by atoms with van der Waals surface area (Å²) in [6.45, 7) is 9.17. The standard InChI is InChI=1S/C20H26N2/c1-3-4-7-12-21-16-22-13-10-20(11-14-22)15-17(2)18-8-5-6-9-19(18)20/h3-9,12,17H,1,10-11,13-16H2,2H3/b7-4-,21-12-. The molecule has 3 rings (SSSR count). The molecule has 1 aromatic rings. The number of hydrogen-bond acceptors (Lipinski definition) is 2. The first-order valence-electron chi connectivity index (χ1n) is 8.34. The van der Waals surface area contributed by atoms with E-state index < -0.39 is 0 Å². The maximum absolute atomic E-state index is 4.47. The first kappa shape index (κ1) is 15.2. The molecule has 1 spiro atoms. The van der Waals surface area contributed by atoms with Gasteiger partial charge in [-0.15, -0.1) is 0 Å². The smallest absolute Gasteiger partial charge is 0.0909 e. The van der Waals surface area contributed by atoms with Gasteiger partial charge in [-0.25, -0.2) is 0 Å². The highest BCUT2D eigenvalue weighted by Gasteiger charge is 2.43. The van der Waals surface area contributed by atoms with Gasteiger partial charge < -0.3 is 0 Å². The normalized spacial score (nSPS) is 24.3.